The van der Waals surface area contributed by atoms with Gasteiger partial charge in [-0.2, -0.15) is 0 Å². The van der Waals surface area contributed by atoms with Crippen molar-refractivity contribution in [3.63, 3.8) is 0 Å². The first kappa shape index (κ1) is 14.1. The predicted molar refractivity (Wildman–Crippen MR) is 87.3 cm³/mol. The normalized spacial score (nSPS) is 18.3. The zero-order valence-corrected chi connectivity index (χ0v) is 12.9. The third-order valence-electron chi connectivity index (χ3n) is 4.58. The van der Waals surface area contributed by atoms with Gasteiger partial charge in [0.25, 0.3) is 5.91 Å². The van der Waals surface area contributed by atoms with E-state index >= 15 is 0 Å². The third-order valence-corrected chi connectivity index (χ3v) is 4.58. The van der Waals surface area contributed by atoms with E-state index in [4.69, 9.17) is 9.47 Å². The molecule has 1 atom stereocenters. The Morgan fingerprint density at radius 1 is 1.09 bits per heavy atom. The van der Waals surface area contributed by atoms with Crippen molar-refractivity contribution in [2.24, 2.45) is 0 Å². The second kappa shape index (κ2) is 5.95. The summed E-state index contributed by atoms with van der Waals surface area (Å²) in [4.78, 5) is 12.5. The van der Waals surface area contributed by atoms with Gasteiger partial charge in [-0.05, 0) is 36.1 Å². The molecular weight excluding hydrogens is 290 g/mol. The quantitative estimate of drug-likeness (QED) is 0.948. The van der Waals surface area contributed by atoms with E-state index in [9.17, 15) is 4.79 Å². The van der Waals surface area contributed by atoms with Crippen LogP contribution in [0.3, 0.4) is 0 Å². The van der Waals surface area contributed by atoms with Crippen LogP contribution in [0.25, 0.3) is 0 Å². The first-order chi connectivity index (χ1) is 11.3. The van der Waals surface area contributed by atoms with Crippen LogP contribution in [0.15, 0.2) is 42.5 Å². The van der Waals surface area contributed by atoms with E-state index in [1.54, 1.807) is 6.07 Å². The average Bonchev–Trinajstić information content (AvgIpc) is 3.02. The van der Waals surface area contributed by atoms with Crippen molar-refractivity contribution in [3.05, 3.63) is 59.2 Å². The molecule has 0 fully saturated rings. The fourth-order valence-corrected chi connectivity index (χ4v) is 3.42. The number of hydrogen-bond donors (Lipinski definition) is 1. The van der Waals surface area contributed by atoms with Crippen molar-refractivity contribution in [3.8, 4) is 11.5 Å². The van der Waals surface area contributed by atoms with Gasteiger partial charge in [-0.1, -0.05) is 30.3 Å². The number of nitrogens with one attached hydrogen (secondary N) is 1. The van der Waals surface area contributed by atoms with Gasteiger partial charge in [0.15, 0.2) is 11.5 Å². The van der Waals surface area contributed by atoms with E-state index in [1.165, 1.54) is 11.1 Å². The van der Waals surface area contributed by atoms with Crippen molar-refractivity contribution in [1.29, 1.82) is 0 Å². The zero-order valence-electron chi connectivity index (χ0n) is 12.9. The van der Waals surface area contributed by atoms with Gasteiger partial charge in [-0.15, -0.1) is 0 Å². The Kier molecular flexibility index (Phi) is 3.66. The number of hydrogen-bond acceptors (Lipinski definition) is 3. The van der Waals surface area contributed by atoms with Crippen LogP contribution in [0.5, 0.6) is 11.5 Å². The molecule has 1 aliphatic heterocycles. The summed E-state index contributed by atoms with van der Waals surface area (Å²) < 4.78 is 11.2. The Bertz CT molecular complexity index is 741. The molecule has 2 aromatic carbocycles. The number of rotatable bonds is 3. The van der Waals surface area contributed by atoms with Crippen LogP contribution in [0.1, 0.15) is 33.8 Å². The van der Waals surface area contributed by atoms with Gasteiger partial charge in [0.05, 0.1) is 5.56 Å². The summed E-state index contributed by atoms with van der Waals surface area (Å²) in [6.45, 7) is 1.66. The molecule has 1 amide bonds. The molecule has 4 heteroatoms. The maximum absolute atomic E-state index is 12.5. The highest BCUT2D eigenvalue weighted by Crippen LogP contribution is 2.34. The molecule has 0 saturated heterocycles. The summed E-state index contributed by atoms with van der Waals surface area (Å²) in [6, 6.07) is 13.9. The Morgan fingerprint density at radius 3 is 2.91 bits per heavy atom. The van der Waals surface area contributed by atoms with E-state index in [0.717, 1.165) is 12.8 Å². The van der Waals surface area contributed by atoms with Gasteiger partial charge in [-0.3, -0.25) is 4.79 Å². The van der Waals surface area contributed by atoms with Gasteiger partial charge in [0.2, 0.25) is 0 Å². The maximum Gasteiger partial charge on any atom is 0.255 e. The van der Waals surface area contributed by atoms with Gasteiger partial charge in [-0.25, -0.2) is 0 Å². The molecule has 23 heavy (non-hydrogen) atoms. The van der Waals surface area contributed by atoms with Crippen molar-refractivity contribution >= 4 is 5.91 Å². The van der Waals surface area contributed by atoms with Gasteiger partial charge in [0.1, 0.15) is 13.2 Å². The highest BCUT2D eigenvalue weighted by Gasteiger charge is 2.24. The standard InChI is InChI=1S/C19H19NO3/c21-19(16-6-3-7-17-18(16)23-11-10-22-17)20-12-14-9-8-13-4-1-2-5-15(13)14/h1-7,14H,8-12H2,(H,20,21). The number of benzene rings is 2. The zero-order chi connectivity index (χ0) is 15.6. The lowest BCUT2D eigenvalue weighted by molar-refractivity contribution is 0.0940. The first-order valence-corrected chi connectivity index (χ1v) is 8.07. The van der Waals surface area contributed by atoms with Crippen LogP contribution < -0.4 is 14.8 Å². The number of para-hydroxylation sites is 1. The summed E-state index contributed by atoms with van der Waals surface area (Å²) >= 11 is 0. The van der Waals surface area contributed by atoms with Gasteiger partial charge in [0, 0.05) is 12.5 Å². The smallest absolute Gasteiger partial charge is 0.255 e. The number of carbonyl (C=O) groups is 1. The largest absolute Gasteiger partial charge is 0.486 e. The molecule has 1 aliphatic carbocycles. The summed E-state index contributed by atoms with van der Waals surface area (Å²) in [7, 11) is 0. The average molecular weight is 309 g/mol. The fourth-order valence-electron chi connectivity index (χ4n) is 3.42. The summed E-state index contributed by atoms with van der Waals surface area (Å²) in [5.41, 5.74) is 3.32. The van der Waals surface area contributed by atoms with Crippen LogP contribution in [-0.2, 0) is 6.42 Å². The molecule has 0 saturated carbocycles. The summed E-state index contributed by atoms with van der Waals surface area (Å²) in [6.07, 6.45) is 2.18. The second-order valence-electron chi connectivity index (χ2n) is 5.97. The number of amides is 1. The van der Waals surface area contributed by atoms with E-state index in [0.29, 0.717) is 42.7 Å². The fraction of sp³-hybridized carbons (Fsp3) is 0.316. The lowest BCUT2D eigenvalue weighted by Gasteiger charge is -2.21. The molecule has 0 spiro atoms. The van der Waals surface area contributed by atoms with Crippen LogP contribution in [0.2, 0.25) is 0 Å². The van der Waals surface area contributed by atoms with Crippen molar-refractivity contribution in [2.75, 3.05) is 19.8 Å². The van der Waals surface area contributed by atoms with E-state index in [1.807, 2.05) is 12.1 Å². The molecule has 2 aromatic rings. The minimum atomic E-state index is -0.100. The second-order valence-corrected chi connectivity index (χ2v) is 5.97. The highest BCUT2D eigenvalue weighted by molar-refractivity contribution is 5.97. The lowest BCUT2D eigenvalue weighted by atomic mass is 10.0. The first-order valence-electron chi connectivity index (χ1n) is 8.07. The van der Waals surface area contributed by atoms with Crippen LogP contribution in [-0.4, -0.2) is 25.7 Å². The molecule has 0 aromatic heterocycles. The SMILES string of the molecule is O=C(NCC1CCc2ccccc21)c1cccc2c1OCCO2. The number of fused-ring (bicyclic) bond motifs is 2. The Hall–Kier alpha value is -2.49. The molecule has 1 heterocycles. The molecule has 4 rings (SSSR count). The van der Waals surface area contributed by atoms with Gasteiger partial charge >= 0.3 is 0 Å². The minimum Gasteiger partial charge on any atom is -0.486 e. The van der Waals surface area contributed by atoms with Crippen LogP contribution in [0, 0.1) is 0 Å². The van der Waals surface area contributed by atoms with E-state index in [2.05, 4.69) is 29.6 Å². The number of ether oxygens (including phenoxy) is 2. The predicted octanol–water partition coefficient (Wildman–Crippen LogP) is 2.92. The molecule has 2 aliphatic rings. The van der Waals surface area contributed by atoms with Gasteiger partial charge < -0.3 is 14.8 Å². The third kappa shape index (κ3) is 2.65. The van der Waals surface area contributed by atoms with Crippen LogP contribution in [0.4, 0.5) is 0 Å². The molecule has 1 unspecified atom stereocenters. The number of carbonyl (C=O) groups excluding carboxylic acids is 1. The molecule has 1 N–H and O–H groups in total. The molecule has 4 nitrogen and oxygen atoms in total. The van der Waals surface area contributed by atoms with Crippen LogP contribution >= 0.6 is 0 Å². The molecule has 118 valence electrons. The van der Waals surface area contributed by atoms with Crippen molar-refractivity contribution in [2.45, 2.75) is 18.8 Å². The Labute approximate surface area is 135 Å². The van der Waals surface area contributed by atoms with E-state index in [-0.39, 0.29) is 5.91 Å². The topological polar surface area (TPSA) is 47.6 Å². The lowest BCUT2D eigenvalue weighted by Crippen LogP contribution is -2.29. The number of aryl methyl sites for hydroxylation is 1. The molecule has 0 bridgehead atoms. The Morgan fingerprint density at radius 2 is 1.96 bits per heavy atom. The summed E-state index contributed by atoms with van der Waals surface area (Å²) in [5, 5.41) is 3.06. The molecular formula is C19H19NO3. The maximum atomic E-state index is 12.5. The minimum absolute atomic E-state index is 0.100. The Balaban J connectivity index is 1.47. The van der Waals surface area contributed by atoms with Crippen molar-refractivity contribution < 1.29 is 14.3 Å². The summed E-state index contributed by atoms with van der Waals surface area (Å²) in [5.74, 6) is 1.50. The highest BCUT2D eigenvalue weighted by atomic mass is 16.6. The monoisotopic (exact) mass is 309 g/mol. The van der Waals surface area contributed by atoms with E-state index < -0.39 is 0 Å². The molecule has 0 radical (unpaired) electrons. The van der Waals surface area contributed by atoms with Crippen molar-refractivity contribution in [1.82, 2.24) is 5.32 Å².